The first-order valence-corrected chi connectivity index (χ1v) is 7.22. The van der Waals surface area contributed by atoms with Gasteiger partial charge in [0.2, 0.25) is 0 Å². The molecule has 0 aliphatic heterocycles. The van der Waals surface area contributed by atoms with Crippen LogP contribution in [0, 0.1) is 11.3 Å². The number of hydrogen-bond acceptors (Lipinski definition) is 3. The molecule has 0 heterocycles. The van der Waals surface area contributed by atoms with Gasteiger partial charge in [-0.1, -0.05) is 46.3 Å². The molecule has 0 fully saturated rings. The molecule has 0 rings (SSSR count). The maximum Gasteiger partial charge on any atom is 0.331 e. The molecule has 6 heteroatoms. The van der Waals surface area contributed by atoms with Crippen molar-refractivity contribution in [2.75, 3.05) is 0 Å². The summed E-state index contributed by atoms with van der Waals surface area (Å²) in [5.74, 6) is -4.72. The fourth-order valence-electron chi connectivity index (χ4n) is 2.39. The van der Waals surface area contributed by atoms with Crippen LogP contribution in [0.3, 0.4) is 0 Å². The highest BCUT2D eigenvalue weighted by Crippen LogP contribution is 2.41. The van der Waals surface area contributed by atoms with Crippen LogP contribution >= 0.6 is 0 Å². The smallest absolute Gasteiger partial charge is 0.331 e. The summed E-state index contributed by atoms with van der Waals surface area (Å²) in [6, 6.07) is 0. The number of unbranched alkanes of at least 4 members (excludes halogenated alkanes) is 1. The van der Waals surface area contributed by atoms with Gasteiger partial charge < -0.3 is 15.3 Å². The molecule has 0 aliphatic rings. The third-order valence-electron chi connectivity index (χ3n) is 3.91. The van der Waals surface area contributed by atoms with E-state index in [0.717, 1.165) is 6.42 Å². The second-order valence-corrected chi connectivity index (χ2v) is 5.43. The highest BCUT2D eigenvalue weighted by molar-refractivity contribution is 5.91. The number of carbonyl (C=O) groups is 3. The molecule has 0 saturated carbocycles. The Morgan fingerprint density at radius 3 is 2.00 bits per heavy atom. The standard InChI is InChI=1S/C16H24O6/c1-5-7-8-12(15(21)22)16(4,10(3)13(17)18)9-11(6-2)14(19)20/h9,12H,3,5-8H2,1-2,4H3,(H,17,18)(H,19,20)(H,21,22). The normalized spacial score (nSPS) is 15.7. The van der Waals surface area contributed by atoms with Crippen LogP contribution in [0.2, 0.25) is 0 Å². The van der Waals surface area contributed by atoms with Gasteiger partial charge in [-0.05, 0) is 12.8 Å². The maximum absolute atomic E-state index is 11.6. The molecule has 22 heavy (non-hydrogen) atoms. The lowest BCUT2D eigenvalue weighted by Crippen LogP contribution is -2.36. The molecule has 0 aromatic heterocycles. The Bertz CT molecular complexity index is 491. The predicted octanol–water partition coefficient (Wildman–Crippen LogP) is 2.95. The number of allylic oxidation sites excluding steroid dienone is 1. The number of rotatable bonds is 10. The summed E-state index contributed by atoms with van der Waals surface area (Å²) >= 11 is 0. The minimum absolute atomic E-state index is 0.0207. The van der Waals surface area contributed by atoms with Crippen molar-refractivity contribution in [2.24, 2.45) is 11.3 Å². The Hall–Kier alpha value is -2.11. The average Bonchev–Trinajstić information content (AvgIpc) is 2.43. The van der Waals surface area contributed by atoms with Crippen molar-refractivity contribution in [3.8, 4) is 0 Å². The number of aliphatic carboxylic acids is 3. The third-order valence-corrected chi connectivity index (χ3v) is 3.91. The molecule has 0 amide bonds. The van der Waals surface area contributed by atoms with Crippen LogP contribution in [0.1, 0.15) is 46.5 Å². The molecular formula is C16H24O6. The summed E-state index contributed by atoms with van der Waals surface area (Å²) in [4.78, 5) is 34.1. The summed E-state index contributed by atoms with van der Waals surface area (Å²) in [5, 5.41) is 27.9. The van der Waals surface area contributed by atoms with E-state index in [-0.39, 0.29) is 24.0 Å². The molecule has 0 radical (unpaired) electrons. The van der Waals surface area contributed by atoms with Crippen LogP contribution in [0.5, 0.6) is 0 Å². The Kier molecular flexibility index (Phi) is 7.56. The Morgan fingerprint density at radius 1 is 1.14 bits per heavy atom. The highest BCUT2D eigenvalue weighted by Gasteiger charge is 2.42. The fraction of sp³-hybridized carbons (Fsp3) is 0.562. The van der Waals surface area contributed by atoms with Gasteiger partial charge >= 0.3 is 17.9 Å². The van der Waals surface area contributed by atoms with E-state index in [1.807, 2.05) is 6.92 Å². The predicted molar refractivity (Wildman–Crippen MR) is 81.5 cm³/mol. The van der Waals surface area contributed by atoms with E-state index < -0.39 is 29.2 Å². The quantitative estimate of drug-likeness (QED) is 0.535. The molecule has 0 aromatic carbocycles. The zero-order valence-corrected chi connectivity index (χ0v) is 13.3. The summed E-state index contributed by atoms with van der Waals surface area (Å²) in [6.07, 6.45) is 3.00. The van der Waals surface area contributed by atoms with Crippen molar-refractivity contribution in [3.63, 3.8) is 0 Å². The van der Waals surface area contributed by atoms with Crippen molar-refractivity contribution >= 4 is 17.9 Å². The first-order valence-electron chi connectivity index (χ1n) is 7.22. The van der Waals surface area contributed by atoms with Gasteiger partial charge in [-0.3, -0.25) is 4.79 Å². The van der Waals surface area contributed by atoms with Crippen molar-refractivity contribution in [3.05, 3.63) is 23.8 Å². The van der Waals surface area contributed by atoms with Crippen molar-refractivity contribution in [2.45, 2.75) is 46.5 Å². The zero-order chi connectivity index (χ0) is 17.5. The number of hydrogen-bond donors (Lipinski definition) is 3. The lowest BCUT2D eigenvalue weighted by atomic mass is 9.68. The lowest BCUT2D eigenvalue weighted by molar-refractivity contribution is -0.145. The molecule has 124 valence electrons. The fourth-order valence-corrected chi connectivity index (χ4v) is 2.39. The molecule has 0 aromatic rings. The second-order valence-electron chi connectivity index (χ2n) is 5.43. The molecule has 6 nitrogen and oxygen atoms in total. The van der Waals surface area contributed by atoms with Crippen molar-refractivity contribution < 1.29 is 29.7 Å². The van der Waals surface area contributed by atoms with E-state index in [4.69, 9.17) is 5.11 Å². The van der Waals surface area contributed by atoms with E-state index in [9.17, 15) is 24.6 Å². The van der Waals surface area contributed by atoms with Gasteiger partial charge in [0.15, 0.2) is 0 Å². The van der Waals surface area contributed by atoms with Gasteiger partial charge in [-0.25, -0.2) is 9.59 Å². The van der Waals surface area contributed by atoms with E-state index >= 15 is 0 Å². The van der Waals surface area contributed by atoms with Gasteiger partial charge in [-0.2, -0.15) is 0 Å². The first-order chi connectivity index (χ1) is 10.1. The van der Waals surface area contributed by atoms with Gasteiger partial charge in [0, 0.05) is 16.6 Å². The average molecular weight is 312 g/mol. The lowest BCUT2D eigenvalue weighted by Gasteiger charge is -2.33. The van der Waals surface area contributed by atoms with E-state index in [1.54, 1.807) is 6.92 Å². The van der Waals surface area contributed by atoms with Gasteiger partial charge in [-0.15, -0.1) is 0 Å². The topological polar surface area (TPSA) is 112 Å². The number of carboxylic acid groups (broad SMARTS) is 3. The summed E-state index contributed by atoms with van der Waals surface area (Å²) < 4.78 is 0. The second kappa shape index (κ2) is 8.36. The van der Waals surface area contributed by atoms with E-state index in [2.05, 4.69) is 6.58 Å². The third kappa shape index (κ3) is 4.72. The Balaban J connectivity index is 6.07. The van der Waals surface area contributed by atoms with Crippen LogP contribution in [-0.4, -0.2) is 33.2 Å². The molecule has 0 spiro atoms. The maximum atomic E-state index is 11.6. The molecular weight excluding hydrogens is 288 g/mol. The van der Waals surface area contributed by atoms with Crippen molar-refractivity contribution in [1.29, 1.82) is 0 Å². The molecule has 0 bridgehead atoms. The minimum Gasteiger partial charge on any atom is -0.481 e. The van der Waals surface area contributed by atoms with E-state index in [0.29, 0.717) is 6.42 Å². The Morgan fingerprint density at radius 2 is 1.68 bits per heavy atom. The zero-order valence-electron chi connectivity index (χ0n) is 13.3. The van der Waals surface area contributed by atoms with Crippen LogP contribution in [0.4, 0.5) is 0 Å². The minimum atomic E-state index is -1.46. The first kappa shape index (κ1) is 19.9. The molecule has 2 atom stereocenters. The molecule has 0 aliphatic carbocycles. The van der Waals surface area contributed by atoms with E-state index in [1.165, 1.54) is 13.0 Å². The Labute approximate surface area is 130 Å². The molecule has 2 unspecified atom stereocenters. The van der Waals surface area contributed by atoms with Gasteiger partial charge in [0.25, 0.3) is 0 Å². The molecule has 3 N–H and O–H groups in total. The summed E-state index contributed by atoms with van der Waals surface area (Å²) in [5.41, 5.74) is -1.80. The SMILES string of the molecule is C=C(C(=O)O)C(C)(C=C(CC)C(=O)O)C(CCCC)C(=O)O. The van der Waals surface area contributed by atoms with Gasteiger partial charge in [0.05, 0.1) is 5.92 Å². The summed E-state index contributed by atoms with van der Waals surface area (Å²) in [6.45, 7) is 8.42. The van der Waals surface area contributed by atoms with Crippen LogP contribution in [0.15, 0.2) is 23.8 Å². The van der Waals surface area contributed by atoms with Crippen molar-refractivity contribution in [1.82, 2.24) is 0 Å². The molecule has 0 saturated heterocycles. The van der Waals surface area contributed by atoms with Crippen LogP contribution in [0.25, 0.3) is 0 Å². The summed E-state index contributed by atoms with van der Waals surface area (Å²) in [7, 11) is 0. The monoisotopic (exact) mass is 312 g/mol. The highest BCUT2D eigenvalue weighted by atomic mass is 16.4. The largest absolute Gasteiger partial charge is 0.481 e. The number of carboxylic acids is 3. The van der Waals surface area contributed by atoms with Gasteiger partial charge in [0.1, 0.15) is 0 Å². The van der Waals surface area contributed by atoms with Crippen LogP contribution in [-0.2, 0) is 14.4 Å². The van der Waals surface area contributed by atoms with Crippen LogP contribution < -0.4 is 0 Å².